The monoisotopic (exact) mass is 493 g/mol. The van der Waals surface area contributed by atoms with E-state index in [0.29, 0.717) is 17.2 Å². The van der Waals surface area contributed by atoms with Gasteiger partial charge < -0.3 is 15.4 Å². The minimum Gasteiger partial charge on any atom is -0.457 e. The van der Waals surface area contributed by atoms with Crippen molar-refractivity contribution in [3.8, 4) is 11.5 Å². The number of pyridine rings is 1. The second-order valence-electron chi connectivity index (χ2n) is 6.93. The zero-order valence-corrected chi connectivity index (χ0v) is 18.6. The van der Waals surface area contributed by atoms with E-state index in [4.69, 9.17) is 16.3 Å². The molecule has 3 amide bonds. The third-order valence-corrected chi connectivity index (χ3v) is 4.81. The molecule has 1 heterocycles. The predicted molar refractivity (Wildman–Crippen MR) is 121 cm³/mol. The second-order valence-corrected chi connectivity index (χ2v) is 7.34. The van der Waals surface area contributed by atoms with Gasteiger partial charge in [0.05, 0.1) is 16.3 Å². The van der Waals surface area contributed by atoms with Crippen LogP contribution in [0.4, 0.5) is 29.3 Å². The smallest absolute Gasteiger partial charge is 0.417 e. The molecule has 34 heavy (non-hydrogen) atoms. The summed E-state index contributed by atoms with van der Waals surface area (Å²) in [6, 6.07) is 10.3. The molecule has 3 rings (SSSR count). The van der Waals surface area contributed by atoms with Crippen LogP contribution in [0.2, 0.25) is 5.02 Å². The summed E-state index contributed by atoms with van der Waals surface area (Å²) in [5.41, 5.74) is 5.29. The average molecular weight is 494 g/mol. The Balaban J connectivity index is 1.66. The molecule has 178 valence electrons. The van der Waals surface area contributed by atoms with Crippen LogP contribution in [0.1, 0.15) is 21.6 Å². The topological polar surface area (TPSA) is 104 Å². The van der Waals surface area contributed by atoms with Crippen LogP contribution in [0, 0.1) is 6.92 Å². The highest BCUT2D eigenvalue weighted by molar-refractivity contribution is 6.31. The Morgan fingerprint density at radius 2 is 1.76 bits per heavy atom. The van der Waals surface area contributed by atoms with E-state index < -0.39 is 22.8 Å². The molecule has 3 aromatic rings. The number of nitrogens with one attached hydrogen (secondary N) is 4. The fourth-order valence-corrected chi connectivity index (χ4v) is 2.99. The number of carbonyl (C=O) groups is 2. The van der Waals surface area contributed by atoms with Gasteiger partial charge in [-0.2, -0.15) is 13.2 Å². The summed E-state index contributed by atoms with van der Waals surface area (Å²) in [5, 5.41) is 4.30. The molecule has 8 nitrogen and oxygen atoms in total. The van der Waals surface area contributed by atoms with E-state index in [1.807, 2.05) is 0 Å². The maximum absolute atomic E-state index is 13.0. The molecule has 0 radical (unpaired) electrons. The van der Waals surface area contributed by atoms with Crippen LogP contribution < -0.4 is 26.2 Å². The number of benzene rings is 2. The summed E-state index contributed by atoms with van der Waals surface area (Å²) in [4.78, 5) is 27.9. The molecule has 2 aromatic carbocycles. The Kier molecular flexibility index (Phi) is 7.47. The van der Waals surface area contributed by atoms with Crippen molar-refractivity contribution < 1.29 is 27.5 Å². The molecule has 4 N–H and O–H groups in total. The number of alkyl halides is 3. The Labute approximate surface area is 197 Å². The number of hydrazine groups is 1. The zero-order valence-electron chi connectivity index (χ0n) is 17.9. The molecular formula is C22H19ClF3N5O3. The number of hydrogen-bond donors (Lipinski definition) is 4. The number of nitrogens with zero attached hydrogens (tertiary/aromatic N) is 1. The quantitative estimate of drug-likeness (QED) is 0.346. The fourth-order valence-electron chi connectivity index (χ4n) is 2.77. The van der Waals surface area contributed by atoms with E-state index in [1.165, 1.54) is 25.4 Å². The first-order valence-corrected chi connectivity index (χ1v) is 10.1. The van der Waals surface area contributed by atoms with Crippen molar-refractivity contribution in [2.45, 2.75) is 13.1 Å². The van der Waals surface area contributed by atoms with Crippen molar-refractivity contribution in [2.75, 3.05) is 17.8 Å². The number of rotatable bonds is 6. The SMILES string of the molecule is CNC(=O)c1cc(Oc2ccc(C)c(NNC(=O)Nc3ccc(Cl)c(C(F)(F)F)c3)c2)ccn1. The summed E-state index contributed by atoms with van der Waals surface area (Å²) < 4.78 is 44.7. The first-order valence-electron chi connectivity index (χ1n) is 9.73. The van der Waals surface area contributed by atoms with E-state index in [0.717, 1.165) is 17.7 Å². The highest BCUT2D eigenvalue weighted by Crippen LogP contribution is 2.36. The van der Waals surface area contributed by atoms with Gasteiger partial charge in [0.2, 0.25) is 0 Å². The third-order valence-electron chi connectivity index (χ3n) is 4.48. The van der Waals surface area contributed by atoms with Gasteiger partial charge in [0.25, 0.3) is 5.91 Å². The van der Waals surface area contributed by atoms with E-state index in [-0.39, 0.29) is 17.3 Å². The van der Waals surface area contributed by atoms with Crippen molar-refractivity contribution in [1.29, 1.82) is 0 Å². The number of urea groups is 1. The van der Waals surface area contributed by atoms with Gasteiger partial charge in [-0.3, -0.25) is 20.6 Å². The van der Waals surface area contributed by atoms with Crippen molar-refractivity contribution in [1.82, 2.24) is 15.7 Å². The molecule has 0 fully saturated rings. The summed E-state index contributed by atoms with van der Waals surface area (Å²) in [6.07, 6.45) is -3.23. The summed E-state index contributed by atoms with van der Waals surface area (Å²) in [6.45, 7) is 1.77. The number of hydrogen-bond acceptors (Lipinski definition) is 5. The van der Waals surface area contributed by atoms with Gasteiger partial charge in [0, 0.05) is 31.1 Å². The Hall–Kier alpha value is -3.99. The first kappa shape index (κ1) is 24.6. The van der Waals surface area contributed by atoms with E-state index in [9.17, 15) is 22.8 Å². The first-order chi connectivity index (χ1) is 16.1. The molecule has 0 spiro atoms. The lowest BCUT2D eigenvalue weighted by Gasteiger charge is -2.15. The van der Waals surface area contributed by atoms with Crippen LogP contribution in [0.5, 0.6) is 11.5 Å². The molecule has 0 saturated heterocycles. The minimum atomic E-state index is -4.66. The van der Waals surface area contributed by atoms with Crippen LogP contribution >= 0.6 is 11.6 Å². The molecular weight excluding hydrogens is 475 g/mol. The molecule has 0 aliphatic heterocycles. The number of anilines is 2. The number of carbonyl (C=O) groups excluding carboxylic acids is 2. The standard InChI is InChI=1S/C22H19ClF3N5O3/c1-12-3-5-14(34-15-7-8-28-19(11-15)20(32)27-2)10-18(12)30-31-21(33)29-13-4-6-17(23)16(9-13)22(24,25)26/h3-11,30H,1-2H3,(H,27,32)(H2,29,31,33). The molecule has 0 unspecified atom stereocenters. The van der Waals surface area contributed by atoms with Crippen molar-refractivity contribution >= 4 is 34.9 Å². The van der Waals surface area contributed by atoms with Crippen LogP contribution in [-0.2, 0) is 6.18 Å². The van der Waals surface area contributed by atoms with Crippen molar-refractivity contribution in [2.24, 2.45) is 0 Å². The summed E-state index contributed by atoms with van der Waals surface area (Å²) in [7, 11) is 1.49. The Morgan fingerprint density at radius 3 is 2.47 bits per heavy atom. The normalized spacial score (nSPS) is 10.9. The number of aryl methyl sites for hydroxylation is 1. The zero-order chi connectivity index (χ0) is 24.9. The predicted octanol–water partition coefficient (Wildman–Crippen LogP) is 5.36. The second kappa shape index (κ2) is 10.3. The molecule has 12 heteroatoms. The number of amides is 3. The largest absolute Gasteiger partial charge is 0.457 e. The Morgan fingerprint density at radius 1 is 1.03 bits per heavy atom. The molecule has 1 aromatic heterocycles. The molecule has 0 aliphatic rings. The highest BCUT2D eigenvalue weighted by atomic mass is 35.5. The number of ether oxygens (including phenoxy) is 1. The van der Waals surface area contributed by atoms with Gasteiger partial charge in [-0.25, -0.2) is 4.79 Å². The van der Waals surface area contributed by atoms with E-state index in [2.05, 4.69) is 26.5 Å². The minimum absolute atomic E-state index is 0.0885. The molecule has 0 bridgehead atoms. The van der Waals surface area contributed by atoms with Crippen LogP contribution in [0.3, 0.4) is 0 Å². The van der Waals surface area contributed by atoms with Gasteiger partial charge in [-0.15, -0.1) is 0 Å². The van der Waals surface area contributed by atoms with Gasteiger partial charge >= 0.3 is 12.2 Å². The number of halogens is 4. The maximum atomic E-state index is 13.0. The fraction of sp³-hybridized carbons (Fsp3) is 0.136. The highest BCUT2D eigenvalue weighted by Gasteiger charge is 2.33. The molecule has 0 atom stereocenters. The van der Waals surface area contributed by atoms with Gasteiger partial charge in [-0.05, 0) is 42.8 Å². The average Bonchev–Trinajstić information content (AvgIpc) is 2.79. The van der Waals surface area contributed by atoms with Crippen LogP contribution in [-0.4, -0.2) is 24.0 Å². The van der Waals surface area contributed by atoms with E-state index >= 15 is 0 Å². The lowest BCUT2D eigenvalue weighted by Crippen LogP contribution is -2.33. The van der Waals surface area contributed by atoms with Crippen LogP contribution in [0.25, 0.3) is 0 Å². The lowest BCUT2D eigenvalue weighted by atomic mass is 10.2. The van der Waals surface area contributed by atoms with Crippen molar-refractivity contribution in [3.05, 3.63) is 76.6 Å². The van der Waals surface area contributed by atoms with Gasteiger partial charge in [-0.1, -0.05) is 17.7 Å². The molecule has 0 aliphatic carbocycles. The Bertz CT molecular complexity index is 1220. The van der Waals surface area contributed by atoms with Gasteiger partial charge in [0.15, 0.2) is 0 Å². The van der Waals surface area contributed by atoms with E-state index in [1.54, 1.807) is 31.2 Å². The van der Waals surface area contributed by atoms with Gasteiger partial charge in [0.1, 0.15) is 17.2 Å². The maximum Gasteiger partial charge on any atom is 0.417 e. The van der Waals surface area contributed by atoms with Crippen molar-refractivity contribution in [3.63, 3.8) is 0 Å². The third kappa shape index (κ3) is 6.29. The molecule has 0 saturated carbocycles. The summed E-state index contributed by atoms with van der Waals surface area (Å²) in [5.74, 6) is 0.407. The lowest BCUT2D eigenvalue weighted by molar-refractivity contribution is -0.137. The van der Waals surface area contributed by atoms with Crippen LogP contribution in [0.15, 0.2) is 54.7 Å². The number of aromatic nitrogens is 1. The summed E-state index contributed by atoms with van der Waals surface area (Å²) >= 11 is 5.58.